The van der Waals surface area contributed by atoms with Gasteiger partial charge in [-0.2, -0.15) is 0 Å². The van der Waals surface area contributed by atoms with E-state index < -0.39 is 6.04 Å². The molecule has 3 heterocycles. The van der Waals surface area contributed by atoms with E-state index in [-0.39, 0.29) is 24.3 Å². The molecule has 2 aromatic carbocycles. The molecule has 8 heteroatoms. The molecule has 1 saturated heterocycles. The van der Waals surface area contributed by atoms with Crippen LogP contribution < -0.4 is 15.4 Å². The van der Waals surface area contributed by atoms with Crippen LogP contribution in [0.4, 0.5) is 11.4 Å². The minimum Gasteiger partial charge on any atom is -0.496 e. The molecule has 0 aliphatic carbocycles. The molecule has 1 unspecified atom stereocenters. The molecule has 0 bridgehead atoms. The van der Waals surface area contributed by atoms with Crippen molar-refractivity contribution < 1.29 is 19.1 Å². The SMILES string of the molecule is COc1cccc2c1ccn2CC(=O)Nc1ccc2c(c1)C(=O)N1CCCC1C(=O)N2. The minimum atomic E-state index is -0.419. The van der Waals surface area contributed by atoms with E-state index in [4.69, 9.17) is 4.74 Å². The van der Waals surface area contributed by atoms with Crippen molar-refractivity contribution in [1.82, 2.24) is 9.47 Å². The Morgan fingerprint density at radius 3 is 2.94 bits per heavy atom. The molecule has 1 atom stereocenters. The highest BCUT2D eigenvalue weighted by atomic mass is 16.5. The maximum absolute atomic E-state index is 13.0. The van der Waals surface area contributed by atoms with Crippen molar-refractivity contribution in [3.8, 4) is 5.75 Å². The molecule has 1 fully saturated rings. The van der Waals surface area contributed by atoms with E-state index in [1.165, 1.54) is 0 Å². The van der Waals surface area contributed by atoms with Gasteiger partial charge in [-0.25, -0.2) is 0 Å². The van der Waals surface area contributed by atoms with Gasteiger partial charge in [0.1, 0.15) is 18.3 Å². The van der Waals surface area contributed by atoms with E-state index in [2.05, 4.69) is 10.6 Å². The molecule has 3 amide bonds. The second-order valence-electron chi connectivity index (χ2n) is 7.79. The van der Waals surface area contributed by atoms with Crippen molar-refractivity contribution in [2.45, 2.75) is 25.4 Å². The Bertz CT molecular complexity index is 1220. The number of fused-ring (bicyclic) bond motifs is 3. The zero-order valence-corrected chi connectivity index (χ0v) is 17.1. The number of rotatable bonds is 4. The van der Waals surface area contributed by atoms with Crippen LogP contribution in [-0.4, -0.2) is 46.9 Å². The fourth-order valence-electron chi connectivity index (χ4n) is 4.43. The highest BCUT2D eigenvalue weighted by Gasteiger charge is 2.38. The highest BCUT2D eigenvalue weighted by molar-refractivity contribution is 6.11. The van der Waals surface area contributed by atoms with Crippen LogP contribution in [0.5, 0.6) is 5.75 Å². The van der Waals surface area contributed by atoms with Crippen LogP contribution in [0.3, 0.4) is 0 Å². The number of anilines is 2. The number of carbonyl (C=O) groups excluding carboxylic acids is 3. The van der Waals surface area contributed by atoms with Crippen LogP contribution in [0.2, 0.25) is 0 Å². The van der Waals surface area contributed by atoms with E-state index in [9.17, 15) is 14.4 Å². The van der Waals surface area contributed by atoms with Crippen LogP contribution in [0, 0.1) is 0 Å². The van der Waals surface area contributed by atoms with Gasteiger partial charge in [-0.05, 0) is 49.2 Å². The second-order valence-corrected chi connectivity index (χ2v) is 7.79. The summed E-state index contributed by atoms with van der Waals surface area (Å²) in [5.41, 5.74) is 2.28. The zero-order valence-electron chi connectivity index (χ0n) is 17.1. The summed E-state index contributed by atoms with van der Waals surface area (Å²) in [6, 6.07) is 12.2. The Morgan fingerprint density at radius 1 is 1.23 bits per heavy atom. The molecule has 31 heavy (non-hydrogen) atoms. The molecule has 0 radical (unpaired) electrons. The van der Waals surface area contributed by atoms with E-state index in [1.54, 1.807) is 30.2 Å². The maximum Gasteiger partial charge on any atom is 0.256 e. The standard InChI is InChI=1S/C23H22N4O4/c1-31-20-6-2-4-18-15(20)9-11-26(18)13-21(28)24-14-7-8-17-16(12-14)23(30)27-10-3-5-19(27)22(29)25-17/h2,4,6-9,11-12,19H,3,5,10,13H2,1H3,(H,24,28)(H,25,29). The topological polar surface area (TPSA) is 92.7 Å². The van der Waals surface area contributed by atoms with Gasteiger partial charge in [0.15, 0.2) is 0 Å². The summed E-state index contributed by atoms with van der Waals surface area (Å²) in [4.78, 5) is 39.7. The van der Waals surface area contributed by atoms with Gasteiger partial charge in [0.05, 0.1) is 23.9 Å². The van der Waals surface area contributed by atoms with Gasteiger partial charge >= 0.3 is 0 Å². The van der Waals surface area contributed by atoms with E-state index in [1.807, 2.05) is 35.0 Å². The number of hydrogen-bond donors (Lipinski definition) is 2. The smallest absolute Gasteiger partial charge is 0.256 e. The number of ether oxygens (including phenoxy) is 1. The van der Waals surface area contributed by atoms with Gasteiger partial charge in [0.25, 0.3) is 5.91 Å². The summed E-state index contributed by atoms with van der Waals surface area (Å²) in [7, 11) is 1.62. The van der Waals surface area contributed by atoms with Gasteiger partial charge in [0.2, 0.25) is 11.8 Å². The summed E-state index contributed by atoms with van der Waals surface area (Å²) in [6.45, 7) is 0.684. The van der Waals surface area contributed by atoms with Crippen LogP contribution in [-0.2, 0) is 16.1 Å². The number of carbonyl (C=O) groups is 3. The third-order valence-corrected chi connectivity index (χ3v) is 5.92. The van der Waals surface area contributed by atoms with Gasteiger partial charge in [-0.3, -0.25) is 14.4 Å². The molecular weight excluding hydrogens is 396 g/mol. The average molecular weight is 418 g/mol. The summed E-state index contributed by atoms with van der Waals surface area (Å²) >= 11 is 0. The molecule has 3 aromatic rings. The van der Waals surface area contributed by atoms with Crippen LogP contribution in [0.1, 0.15) is 23.2 Å². The number of nitrogens with zero attached hydrogens (tertiary/aromatic N) is 2. The monoisotopic (exact) mass is 418 g/mol. The third kappa shape index (κ3) is 3.30. The molecule has 5 rings (SSSR count). The Morgan fingerprint density at radius 2 is 2.10 bits per heavy atom. The lowest BCUT2D eigenvalue weighted by Crippen LogP contribution is -2.40. The molecule has 2 aliphatic heterocycles. The van der Waals surface area contributed by atoms with Crippen LogP contribution >= 0.6 is 0 Å². The number of hydrogen-bond acceptors (Lipinski definition) is 4. The average Bonchev–Trinajstić information content (AvgIpc) is 3.40. The quantitative estimate of drug-likeness (QED) is 0.682. The van der Waals surface area contributed by atoms with Crippen molar-refractivity contribution in [2.75, 3.05) is 24.3 Å². The van der Waals surface area contributed by atoms with Gasteiger partial charge in [-0.1, -0.05) is 6.07 Å². The number of benzene rings is 2. The van der Waals surface area contributed by atoms with E-state index in [0.717, 1.165) is 23.1 Å². The minimum absolute atomic E-state index is 0.118. The van der Waals surface area contributed by atoms with Crippen LogP contribution in [0.25, 0.3) is 10.9 Å². The maximum atomic E-state index is 13.0. The number of amides is 3. The largest absolute Gasteiger partial charge is 0.496 e. The van der Waals surface area contributed by atoms with Gasteiger partial charge in [-0.15, -0.1) is 0 Å². The first-order chi connectivity index (χ1) is 15.0. The number of nitrogens with one attached hydrogen (secondary N) is 2. The molecule has 8 nitrogen and oxygen atoms in total. The molecule has 2 N–H and O–H groups in total. The molecule has 0 saturated carbocycles. The van der Waals surface area contributed by atoms with E-state index >= 15 is 0 Å². The summed E-state index contributed by atoms with van der Waals surface area (Å²) in [6.07, 6.45) is 3.33. The fourth-order valence-corrected chi connectivity index (χ4v) is 4.43. The van der Waals surface area contributed by atoms with Crippen LogP contribution in [0.15, 0.2) is 48.7 Å². The van der Waals surface area contributed by atoms with E-state index in [0.29, 0.717) is 29.9 Å². The van der Waals surface area contributed by atoms with Crippen molar-refractivity contribution in [3.63, 3.8) is 0 Å². The molecular formula is C23H22N4O4. The first-order valence-electron chi connectivity index (χ1n) is 10.2. The summed E-state index contributed by atoms with van der Waals surface area (Å²) in [5.74, 6) is 0.194. The Balaban J connectivity index is 1.37. The zero-order chi connectivity index (χ0) is 21.5. The lowest BCUT2D eigenvalue weighted by atomic mass is 10.1. The van der Waals surface area contributed by atoms with Crippen molar-refractivity contribution in [1.29, 1.82) is 0 Å². The van der Waals surface area contributed by atoms with Gasteiger partial charge < -0.3 is 24.8 Å². The number of aromatic nitrogens is 1. The predicted molar refractivity (Wildman–Crippen MR) is 116 cm³/mol. The third-order valence-electron chi connectivity index (χ3n) is 5.92. The molecule has 1 aromatic heterocycles. The first-order valence-corrected chi connectivity index (χ1v) is 10.2. The van der Waals surface area contributed by atoms with Crippen molar-refractivity contribution in [2.24, 2.45) is 0 Å². The predicted octanol–water partition coefficient (Wildman–Crippen LogP) is 2.85. The van der Waals surface area contributed by atoms with Crippen molar-refractivity contribution in [3.05, 3.63) is 54.2 Å². The number of methoxy groups -OCH3 is 1. The molecule has 0 spiro atoms. The Hall–Kier alpha value is -3.81. The van der Waals surface area contributed by atoms with Crippen molar-refractivity contribution >= 4 is 40.0 Å². The Labute approximate surface area is 178 Å². The summed E-state index contributed by atoms with van der Waals surface area (Å²) < 4.78 is 7.22. The second kappa shape index (κ2) is 7.46. The molecule has 158 valence electrons. The lowest BCUT2D eigenvalue weighted by molar-refractivity contribution is -0.119. The molecule has 2 aliphatic rings. The normalized spacial score (nSPS) is 17.7. The highest BCUT2D eigenvalue weighted by Crippen LogP contribution is 2.31. The van der Waals surface area contributed by atoms with Gasteiger partial charge in [0, 0.05) is 23.8 Å². The first kappa shape index (κ1) is 19.2. The Kier molecular flexibility index (Phi) is 4.62. The summed E-state index contributed by atoms with van der Waals surface area (Å²) in [5, 5.41) is 6.64. The fraction of sp³-hybridized carbons (Fsp3) is 0.261. The lowest BCUT2D eigenvalue weighted by Gasteiger charge is -2.20.